The predicted molar refractivity (Wildman–Crippen MR) is 86.9 cm³/mol. The number of hydrogen-bond donors (Lipinski definition) is 0. The van der Waals surface area contributed by atoms with E-state index >= 15 is 0 Å². The summed E-state index contributed by atoms with van der Waals surface area (Å²) in [6.07, 6.45) is 5.55. The van der Waals surface area contributed by atoms with Gasteiger partial charge in [-0.3, -0.25) is 9.00 Å². The van der Waals surface area contributed by atoms with E-state index in [9.17, 15) is 9.00 Å². The van der Waals surface area contributed by atoms with Crippen molar-refractivity contribution in [1.82, 2.24) is 0 Å². The Morgan fingerprint density at radius 1 is 1.19 bits per heavy atom. The summed E-state index contributed by atoms with van der Waals surface area (Å²) in [4.78, 5) is 12.7. The fourth-order valence-electron chi connectivity index (χ4n) is 3.83. The molecule has 3 heteroatoms. The van der Waals surface area contributed by atoms with Crippen LogP contribution in [0.4, 0.5) is 0 Å². The van der Waals surface area contributed by atoms with Crippen LogP contribution in [-0.4, -0.2) is 20.5 Å². The van der Waals surface area contributed by atoms with Crippen LogP contribution in [0.15, 0.2) is 18.2 Å². The van der Waals surface area contributed by atoms with Crippen LogP contribution in [0.1, 0.15) is 48.8 Å². The van der Waals surface area contributed by atoms with E-state index < -0.39 is 10.8 Å². The molecule has 2 bridgehead atoms. The number of hydrogen-bond acceptors (Lipinski definition) is 2. The Labute approximate surface area is 129 Å². The topological polar surface area (TPSA) is 34.1 Å². The van der Waals surface area contributed by atoms with Crippen LogP contribution in [0.3, 0.4) is 0 Å². The SMILES string of the molecule is Cc1cccc(CC(=O)C2CC3CCCC(C2)S3=O)c1C. The predicted octanol–water partition coefficient (Wildman–Crippen LogP) is 3.49. The van der Waals surface area contributed by atoms with Gasteiger partial charge in [-0.05, 0) is 56.2 Å². The van der Waals surface area contributed by atoms with Gasteiger partial charge in [-0.1, -0.05) is 24.6 Å². The monoisotopic (exact) mass is 304 g/mol. The number of Topliss-reactive ketones (excluding diaryl/α,β-unsaturated/α-hetero) is 1. The minimum Gasteiger partial charge on any atom is -0.299 e. The van der Waals surface area contributed by atoms with Crippen molar-refractivity contribution in [1.29, 1.82) is 0 Å². The first kappa shape index (κ1) is 15.0. The average Bonchev–Trinajstić information content (AvgIpc) is 2.43. The second-order valence-electron chi connectivity index (χ2n) is 6.67. The van der Waals surface area contributed by atoms with Gasteiger partial charge in [-0.2, -0.15) is 0 Å². The van der Waals surface area contributed by atoms with E-state index in [1.54, 1.807) is 0 Å². The highest BCUT2D eigenvalue weighted by Crippen LogP contribution is 2.37. The molecule has 3 rings (SSSR count). The summed E-state index contributed by atoms with van der Waals surface area (Å²) in [5.41, 5.74) is 3.66. The Kier molecular flexibility index (Phi) is 4.30. The van der Waals surface area contributed by atoms with Crippen LogP contribution >= 0.6 is 0 Å². The molecule has 2 atom stereocenters. The van der Waals surface area contributed by atoms with Crippen molar-refractivity contribution in [3.63, 3.8) is 0 Å². The van der Waals surface area contributed by atoms with Gasteiger partial charge in [0.05, 0.1) is 0 Å². The van der Waals surface area contributed by atoms with Crippen molar-refractivity contribution >= 4 is 16.6 Å². The standard InChI is InChI=1S/C18H24O2S/c1-12-5-3-6-14(13(12)2)11-18(19)15-9-16-7-4-8-17(10-15)21(16)20/h3,5-6,15-17H,4,7-11H2,1-2H3. The highest BCUT2D eigenvalue weighted by atomic mass is 32.2. The van der Waals surface area contributed by atoms with Gasteiger partial charge in [0, 0.05) is 33.6 Å². The molecular formula is C18H24O2S. The Morgan fingerprint density at radius 3 is 2.52 bits per heavy atom. The lowest BCUT2D eigenvalue weighted by Crippen LogP contribution is -2.41. The second kappa shape index (κ2) is 6.04. The summed E-state index contributed by atoms with van der Waals surface area (Å²) >= 11 is 0. The van der Waals surface area contributed by atoms with Crippen molar-refractivity contribution in [2.45, 2.75) is 62.9 Å². The maximum Gasteiger partial charge on any atom is 0.140 e. The van der Waals surface area contributed by atoms with E-state index in [-0.39, 0.29) is 16.4 Å². The molecule has 114 valence electrons. The molecule has 2 unspecified atom stereocenters. The molecule has 2 aliphatic rings. The van der Waals surface area contributed by atoms with Gasteiger partial charge >= 0.3 is 0 Å². The smallest absolute Gasteiger partial charge is 0.140 e. The van der Waals surface area contributed by atoms with E-state index in [1.165, 1.54) is 17.5 Å². The van der Waals surface area contributed by atoms with Gasteiger partial charge < -0.3 is 0 Å². The molecule has 2 nitrogen and oxygen atoms in total. The molecule has 0 aromatic heterocycles. The number of benzene rings is 1. The van der Waals surface area contributed by atoms with E-state index in [1.807, 2.05) is 6.07 Å². The average molecular weight is 304 g/mol. The van der Waals surface area contributed by atoms with Crippen molar-refractivity contribution in [3.8, 4) is 0 Å². The van der Waals surface area contributed by atoms with Gasteiger partial charge in [-0.15, -0.1) is 0 Å². The third kappa shape index (κ3) is 2.98. The highest BCUT2D eigenvalue weighted by molar-refractivity contribution is 7.86. The first-order chi connectivity index (χ1) is 10.1. The second-order valence-corrected chi connectivity index (χ2v) is 8.66. The molecule has 0 aliphatic carbocycles. The van der Waals surface area contributed by atoms with Crippen LogP contribution in [0.5, 0.6) is 0 Å². The number of ketones is 1. The van der Waals surface area contributed by atoms with E-state index in [2.05, 4.69) is 26.0 Å². The molecule has 21 heavy (non-hydrogen) atoms. The third-order valence-electron chi connectivity index (χ3n) is 5.34. The van der Waals surface area contributed by atoms with E-state index in [4.69, 9.17) is 0 Å². The Morgan fingerprint density at radius 2 is 1.86 bits per heavy atom. The maximum absolute atomic E-state index is 12.7. The molecule has 1 aromatic rings. The molecular weight excluding hydrogens is 280 g/mol. The molecule has 0 spiro atoms. The lowest BCUT2D eigenvalue weighted by molar-refractivity contribution is -0.122. The molecule has 0 N–H and O–H groups in total. The number of rotatable bonds is 3. The van der Waals surface area contributed by atoms with E-state index in [0.29, 0.717) is 12.2 Å². The normalized spacial score (nSPS) is 31.9. The van der Waals surface area contributed by atoms with E-state index in [0.717, 1.165) is 31.2 Å². The largest absolute Gasteiger partial charge is 0.299 e. The summed E-state index contributed by atoms with van der Waals surface area (Å²) < 4.78 is 12.2. The first-order valence-corrected chi connectivity index (χ1v) is 9.31. The fourth-order valence-corrected chi connectivity index (χ4v) is 6.02. The van der Waals surface area contributed by atoms with Gasteiger partial charge in [0.1, 0.15) is 5.78 Å². The zero-order valence-corrected chi connectivity index (χ0v) is 13.7. The molecule has 0 radical (unpaired) electrons. The van der Waals surface area contributed by atoms with Crippen LogP contribution in [0.25, 0.3) is 0 Å². The molecule has 2 heterocycles. The zero-order chi connectivity index (χ0) is 15.0. The fraction of sp³-hybridized carbons (Fsp3) is 0.611. The summed E-state index contributed by atoms with van der Waals surface area (Å²) in [5.74, 6) is 0.496. The lowest BCUT2D eigenvalue weighted by Gasteiger charge is -2.37. The van der Waals surface area contributed by atoms with Gasteiger partial charge in [0.2, 0.25) is 0 Å². The highest BCUT2D eigenvalue weighted by Gasteiger charge is 2.40. The molecule has 0 amide bonds. The van der Waals surface area contributed by atoms with Crippen molar-refractivity contribution in [2.75, 3.05) is 0 Å². The zero-order valence-electron chi connectivity index (χ0n) is 12.9. The molecule has 2 aliphatic heterocycles. The number of carbonyl (C=O) groups is 1. The minimum absolute atomic E-state index is 0.137. The maximum atomic E-state index is 12.7. The molecule has 2 fully saturated rings. The van der Waals surface area contributed by atoms with Crippen LogP contribution in [-0.2, 0) is 22.0 Å². The first-order valence-electron chi connectivity index (χ1n) is 8.03. The minimum atomic E-state index is -0.680. The number of carbonyl (C=O) groups excluding carboxylic acids is 1. The van der Waals surface area contributed by atoms with Gasteiger partial charge in [0.25, 0.3) is 0 Å². The quantitative estimate of drug-likeness (QED) is 0.856. The summed E-state index contributed by atoms with van der Waals surface area (Å²) in [7, 11) is -0.680. The summed E-state index contributed by atoms with van der Waals surface area (Å²) in [6.45, 7) is 4.19. The Balaban J connectivity index is 1.71. The molecule has 1 aromatic carbocycles. The molecule has 0 saturated carbocycles. The number of fused-ring (bicyclic) bond motifs is 2. The van der Waals surface area contributed by atoms with Crippen molar-refractivity contribution in [2.24, 2.45) is 5.92 Å². The number of aryl methyl sites for hydroxylation is 1. The Bertz CT molecular complexity index is 563. The lowest BCUT2D eigenvalue weighted by atomic mass is 9.84. The van der Waals surface area contributed by atoms with Crippen LogP contribution < -0.4 is 0 Å². The van der Waals surface area contributed by atoms with Crippen molar-refractivity contribution < 1.29 is 9.00 Å². The summed E-state index contributed by atoms with van der Waals surface area (Å²) in [5, 5.41) is 0.565. The van der Waals surface area contributed by atoms with Crippen LogP contribution in [0.2, 0.25) is 0 Å². The Hall–Kier alpha value is -0.960. The van der Waals surface area contributed by atoms with Gasteiger partial charge in [-0.25, -0.2) is 0 Å². The van der Waals surface area contributed by atoms with Crippen LogP contribution in [0, 0.1) is 19.8 Å². The third-order valence-corrected chi connectivity index (χ3v) is 7.51. The summed E-state index contributed by atoms with van der Waals surface area (Å²) in [6, 6.07) is 6.20. The van der Waals surface area contributed by atoms with Gasteiger partial charge in [0.15, 0.2) is 0 Å². The van der Waals surface area contributed by atoms with Crippen molar-refractivity contribution in [3.05, 3.63) is 34.9 Å². The molecule has 2 saturated heterocycles.